The molecule has 1 saturated heterocycles. The van der Waals surface area contributed by atoms with E-state index in [9.17, 15) is 19.5 Å². The molecule has 190 valence electrons. The van der Waals surface area contributed by atoms with Crippen molar-refractivity contribution in [3.8, 4) is 0 Å². The van der Waals surface area contributed by atoms with E-state index in [0.717, 1.165) is 12.0 Å². The molecule has 1 aliphatic heterocycles. The minimum atomic E-state index is -1.01. The molecule has 3 atom stereocenters. The van der Waals surface area contributed by atoms with Crippen LogP contribution >= 0.6 is 0 Å². The number of likely N-dealkylation sites (tertiary alicyclic amines) is 1. The predicted octanol–water partition coefficient (Wildman–Crippen LogP) is 1.47. The molecule has 1 amide bonds. The molecule has 0 aliphatic carbocycles. The number of aliphatic carboxylic acids is 1. The Morgan fingerprint density at radius 1 is 1.09 bits per heavy atom. The van der Waals surface area contributed by atoms with Crippen LogP contribution in [0.3, 0.4) is 0 Å². The van der Waals surface area contributed by atoms with Gasteiger partial charge in [0.15, 0.2) is 0 Å². The number of aliphatic hydroxyl groups excluding tert-OH is 1. The van der Waals surface area contributed by atoms with Gasteiger partial charge in [-0.15, -0.1) is 0 Å². The third-order valence-corrected chi connectivity index (χ3v) is 6.11. The maximum atomic E-state index is 13.5. The number of hydrogen-bond donors (Lipinski definition) is 4. The van der Waals surface area contributed by atoms with Gasteiger partial charge in [0.25, 0.3) is 0 Å². The lowest BCUT2D eigenvalue weighted by molar-refractivity contribution is -0.154. The van der Waals surface area contributed by atoms with Crippen molar-refractivity contribution in [2.75, 3.05) is 26.3 Å². The summed E-state index contributed by atoms with van der Waals surface area (Å²) in [5.41, 5.74) is 6.65. The summed E-state index contributed by atoms with van der Waals surface area (Å²) < 4.78 is 5.32. The maximum absolute atomic E-state index is 13.5. The molecule has 34 heavy (non-hydrogen) atoms. The number of carbonyl (C=O) groups excluding carboxylic acids is 2. The molecule has 1 fully saturated rings. The number of ether oxygens (including phenoxy) is 1. The zero-order valence-corrected chi connectivity index (χ0v) is 19.9. The van der Waals surface area contributed by atoms with Crippen LogP contribution < -0.4 is 11.1 Å². The van der Waals surface area contributed by atoms with Crippen molar-refractivity contribution in [3.05, 3.63) is 35.9 Å². The number of rotatable bonds is 16. The number of unbranched alkanes of at least 4 members (excludes halogenated alkanes) is 2. The number of amides is 1. The number of aliphatic hydroxyl groups is 1. The van der Waals surface area contributed by atoms with Crippen molar-refractivity contribution in [2.24, 2.45) is 5.73 Å². The number of benzene rings is 1. The summed E-state index contributed by atoms with van der Waals surface area (Å²) in [7, 11) is 0. The van der Waals surface area contributed by atoms with Gasteiger partial charge in [-0.1, -0.05) is 36.8 Å². The molecule has 9 nitrogen and oxygen atoms in total. The summed E-state index contributed by atoms with van der Waals surface area (Å²) in [4.78, 5) is 39.6. The van der Waals surface area contributed by atoms with Crippen molar-refractivity contribution < 1.29 is 29.3 Å². The SMILES string of the molecule is NCCCCC(NC(CCc1ccccc1)C(=O)O)C(=O)N1CCCC1C(=O)OCCCCO. The monoisotopic (exact) mass is 477 g/mol. The Kier molecular flexibility index (Phi) is 12.6. The van der Waals surface area contributed by atoms with Gasteiger partial charge in [0.1, 0.15) is 12.1 Å². The number of aryl methyl sites for hydroxylation is 1. The van der Waals surface area contributed by atoms with E-state index in [1.54, 1.807) is 0 Å². The molecule has 1 aromatic rings. The van der Waals surface area contributed by atoms with Crippen LogP contribution in [0.4, 0.5) is 0 Å². The molecule has 0 radical (unpaired) electrons. The Morgan fingerprint density at radius 2 is 1.85 bits per heavy atom. The molecule has 0 spiro atoms. The molecule has 1 aliphatic rings. The van der Waals surface area contributed by atoms with Gasteiger partial charge in [0.2, 0.25) is 5.91 Å². The molecule has 0 saturated carbocycles. The standard InChI is InChI=1S/C25H39N3O6/c26-15-5-4-11-20(27-21(24(31)32)14-13-19-9-2-1-3-10-19)23(30)28-16-8-12-22(28)25(33)34-18-7-6-17-29/h1-3,9-10,20-22,27,29H,4-8,11-18,26H2,(H,31,32). The second-order valence-electron chi connectivity index (χ2n) is 8.71. The van der Waals surface area contributed by atoms with Crippen LogP contribution in [-0.2, 0) is 25.5 Å². The van der Waals surface area contributed by atoms with E-state index in [2.05, 4.69) is 5.32 Å². The fourth-order valence-corrected chi connectivity index (χ4v) is 4.21. The zero-order valence-electron chi connectivity index (χ0n) is 19.9. The lowest BCUT2D eigenvalue weighted by Crippen LogP contribution is -2.54. The first kappa shape index (κ1) is 27.8. The number of hydrogen-bond acceptors (Lipinski definition) is 7. The Balaban J connectivity index is 2.05. The number of nitrogens with one attached hydrogen (secondary N) is 1. The number of carboxylic acids is 1. The van der Waals surface area contributed by atoms with Gasteiger partial charge in [0, 0.05) is 13.2 Å². The summed E-state index contributed by atoms with van der Waals surface area (Å²) in [5.74, 6) is -1.71. The highest BCUT2D eigenvalue weighted by atomic mass is 16.5. The molecule has 5 N–H and O–H groups in total. The third-order valence-electron chi connectivity index (χ3n) is 6.11. The lowest BCUT2D eigenvalue weighted by Gasteiger charge is -2.30. The topological polar surface area (TPSA) is 142 Å². The third kappa shape index (κ3) is 9.04. The first-order valence-electron chi connectivity index (χ1n) is 12.3. The molecule has 9 heteroatoms. The fourth-order valence-electron chi connectivity index (χ4n) is 4.21. The average molecular weight is 478 g/mol. The summed E-state index contributed by atoms with van der Waals surface area (Å²) in [6, 6.07) is 7.36. The quantitative estimate of drug-likeness (QED) is 0.207. The highest BCUT2D eigenvalue weighted by molar-refractivity contribution is 5.88. The summed E-state index contributed by atoms with van der Waals surface area (Å²) in [6.45, 7) is 1.17. The second-order valence-corrected chi connectivity index (χ2v) is 8.71. The summed E-state index contributed by atoms with van der Waals surface area (Å²) in [6.07, 6.45) is 5.08. The van der Waals surface area contributed by atoms with Crippen molar-refractivity contribution >= 4 is 17.8 Å². The summed E-state index contributed by atoms with van der Waals surface area (Å²) >= 11 is 0. The van der Waals surface area contributed by atoms with E-state index in [0.29, 0.717) is 64.5 Å². The maximum Gasteiger partial charge on any atom is 0.328 e. The fraction of sp³-hybridized carbons (Fsp3) is 0.640. The molecular weight excluding hydrogens is 438 g/mol. The van der Waals surface area contributed by atoms with Gasteiger partial charge >= 0.3 is 11.9 Å². The van der Waals surface area contributed by atoms with Crippen molar-refractivity contribution in [1.29, 1.82) is 0 Å². The Bertz CT molecular complexity index is 760. The molecular formula is C25H39N3O6. The lowest BCUT2D eigenvalue weighted by atomic mass is 10.0. The number of nitrogens with two attached hydrogens (primary N) is 1. The highest BCUT2D eigenvalue weighted by Crippen LogP contribution is 2.21. The number of carboxylic acid groups (broad SMARTS) is 1. The number of esters is 1. The smallest absolute Gasteiger partial charge is 0.328 e. The first-order chi connectivity index (χ1) is 16.5. The van der Waals surface area contributed by atoms with Gasteiger partial charge in [-0.2, -0.15) is 0 Å². The van der Waals surface area contributed by atoms with Crippen LogP contribution in [0.5, 0.6) is 0 Å². The molecule has 1 heterocycles. The Labute approximate surface area is 201 Å². The van der Waals surface area contributed by atoms with Crippen LogP contribution in [0.1, 0.15) is 56.9 Å². The zero-order chi connectivity index (χ0) is 24.8. The highest BCUT2D eigenvalue weighted by Gasteiger charge is 2.38. The van der Waals surface area contributed by atoms with E-state index in [1.807, 2.05) is 30.3 Å². The Hall–Kier alpha value is -2.49. The average Bonchev–Trinajstić information content (AvgIpc) is 3.33. The van der Waals surface area contributed by atoms with Crippen LogP contribution in [0.25, 0.3) is 0 Å². The second kappa shape index (κ2) is 15.4. The van der Waals surface area contributed by atoms with Gasteiger partial charge in [-0.25, -0.2) is 4.79 Å². The van der Waals surface area contributed by atoms with Gasteiger partial charge in [-0.3, -0.25) is 14.9 Å². The van der Waals surface area contributed by atoms with Crippen LogP contribution in [0.15, 0.2) is 30.3 Å². The first-order valence-corrected chi connectivity index (χ1v) is 12.3. The minimum absolute atomic E-state index is 0.0384. The van der Waals surface area contributed by atoms with E-state index in [1.165, 1.54) is 4.90 Å². The predicted molar refractivity (Wildman–Crippen MR) is 128 cm³/mol. The summed E-state index contributed by atoms with van der Waals surface area (Å²) in [5, 5.41) is 21.7. The van der Waals surface area contributed by atoms with E-state index in [-0.39, 0.29) is 19.1 Å². The van der Waals surface area contributed by atoms with Crippen molar-refractivity contribution in [1.82, 2.24) is 10.2 Å². The van der Waals surface area contributed by atoms with Crippen LogP contribution in [0, 0.1) is 0 Å². The van der Waals surface area contributed by atoms with E-state index in [4.69, 9.17) is 15.6 Å². The molecule has 2 rings (SSSR count). The van der Waals surface area contributed by atoms with Gasteiger partial charge in [0.05, 0.1) is 12.6 Å². The largest absolute Gasteiger partial charge is 0.480 e. The van der Waals surface area contributed by atoms with Crippen molar-refractivity contribution in [2.45, 2.75) is 75.9 Å². The van der Waals surface area contributed by atoms with Gasteiger partial charge in [-0.05, 0) is 63.5 Å². The minimum Gasteiger partial charge on any atom is -0.480 e. The van der Waals surface area contributed by atoms with Crippen molar-refractivity contribution in [3.63, 3.8) is 0 Å². The van der Waals surface area contributed by atoms with Crippen LogP contribution in [-0.4, -0.2) is 77.4 Å². The Morgan fingerprint density at radius 3 is 2.53 bits per heavy atom. The van der Waals surface area contributed by atoms with Gasteiger partial charge < -0.3 is 25.6 Å². The number of nitrogens with zero attached hydrogens (tertiary/aromatic N) is 1. The normalized spacial score (nSPS) is 17.4. The molecule has 0 bridgehead atoms. The molecule has 3 unspecified atom stereocenters. The molecule has 1 aromatic carbocycles. The van der Waals surface area contributed by atoms with E-state index < -0.39 is 30.1 Å². The number of carbonyl (C=O) groups is 3. The van der Waals surface area contributed by atoms with E-state index >= 15 is 0 Å². The van der Waals surface area contributed by atoms with Crippen LogP contribution in [0.2, 0.25) is 0 Å². The molecule has 0 aromatic heterocycles.